The monoisotopic (exact) mass is 122 g/mol. The van der Waals surface area contributed by atoms with Crippen LogP contribution < -0.4 is 0 Å². The van der Waals surface area contributed by atoms with E-state index in [-0.39, 0.29) is 10.9 Å². The molecule has 0 heterocycles. The summed E-state index contributed by atoms with van der Waals surface area (Å²) in [5.41, 5.74) is 0. The molecule has 0 unspecified atom stereocenters. The maximum absolute atomic E-state index is 12.0. The van der Waals surface area contributed by atoms with Gasteiger partial charge in [0.2, 0.25) is 0 Å². The highest BCUT2D eigenvalue weighted by Gasteiger charge is 1.91. The predicted octanol–water partition coefficient (Wildman–Crippen LogP) is 2.84. The molecule has 0 N–H and O–H groups in total. The molecule has 0 aliphatic rings. The first-order chi connectivity index (χ1) is 3.18. The van der Waals surface area contributed by atoms with Crippen LogP contribution in [0.3, 0.4) is 0 Å². The Balaban J connectivity index is 3.72. The summed E-state index contributed by atoms with van der Waals surface area (Å²) in [7, 11) is 0. The Bertz CT molecular complexity index is 82.1. The molecule has 0 aromatic rings. The first kappa shape index (κ1) is 6.96. The zero-order valence-corrected chi connectivity index (χ0v) is 5.22. The van der Waals surface area contributed by atoms with Crippen molar-refractivity contribution in [1.82, 2.24) is 0 Å². The Labute approximate surface area is 48.0 Å². The van der Waals surface area contributed by atoms with Gasteiger partial charge in [-0.15, -0.1) is 0 Å². The average Bonchev–Trinajstić information content (AvgIpc) is 1.65. The lowest BCUT2D eigenvalue weighted by Crippen LogP contribution is -1.68. The smallest absolute Gasteiger partial charge is 0.114 e. The van der Waals surface area contributed by atoms with Gasteiger partial charge in [0.05, 0.1) is 0 Å². The molecular weight excluding hydrogens is 115 g/mol. The van der Waals surface area contributed by atoms with Gasteiger partial charge in [0.15, 0.2) is 0 Å². The van der Waals surface area contributed by atoms with E-state index in [1.807, 2.05) is 0 Å². The lowest BCUT2D eigenvalue weighted by atomic mass is 10.4. The van der Waals surface area contributed by atoms with Gasteiger partial charge in [-0.25, -0.2) is 4.39 Å². The van der Waals surface area contributed by atoms with Crippen molar-refractivity contribution < 1.29 is 4.39 Å². The Morgan fingerprint density at radius 3 is 2.14 bits per heavy atom. The van der Waals surface area contributed by atoms with Crippen molar-refractivity contribution in [3.8, 4) is 0 Å². The third-order valence-corrected chi connectivity index (χ3v) is 0.889. The molecule has 0 aromatic heterocycles. The van der Waals surface area contributed by atoms with Crippen molar-refractivity contribution in [3.63, 3.8) is 0 Å². The minimum absolute atomic E-state index is 0.221. The largest absolute Gasteiger partial charge is 0.211 e. The molecule has 7 heavy (non-hydrogen) atoms. The van der Waals surface area contributed by atoms with Crippen LogP contribution in [0.2, 0.25) is 0 Å². The molecule has 2 heteroatoms. The molecular formula is C5H8ClF. The highest BCUT2D eigenvalue weighted by Crippen LogP contribution is 2.11. The van der Waals surface area contributed by atoms with Crippen molar-refractivity contribution >= 4 is 11.6 Å². The van der Waals surface area contributed by atoms with Crippen LogP contribution in [0.25, 0.3) is 0 Å². The number of halogens is 2. The van der Waals surface area contributed by atoms with E-state index in [0.717, 1.165) is 0 Å². The summed E-state index contributed by atoms with van der Waals surface area (Å²) in [6.45, 7) is 3.27. The van der Waals surface area contributed by atoms with Gasteiger partial charge in [0, 0.05) is 5.03 Å². The summed E-state index contributed by atoms with van der Waals surface area (Å²) in [5.74, 6) is -0.221. The summed E-state index contributed by atoms with van der Waals surface area (Å²) in [5, 5.41) is 0.266. The third-order valence-electron chi connectivity index (χ3n) is 0.684. The van der Waals surface area contributed by atoms with Gasteiger partial charge in [-0.1, -0.05) is 18.5 Å². The fourth-order valence-electron chi connectivity index (χ4n) is 0.244. The van der Waals surface area contributed by atoms with Crippen LogP contribution in [-0.2, 0) is 0 Å². The standard InChI is InChI=1S/C5H8ClF/c1-3-5(7)4(2)6/h3H2,1-2H3/b5-4-. The molecule has 0 aliphatic heterocycles. The molecule has 0 rings (SSSR count). The third kappa shape index (κ3) is 2.63. The van der Waals surface area contributed by atoms with Crippen LogP contribution in [0.4, 0.5) is 4.39 Å². The number of hydrogen-bond acceptors (Lipinski definition) is 0. The molecule has 0 amide bonds. The van der Waals surface area contributed by atoms with Crippen LogP contribution >= 0.6 is 11.6 Å². The van der Waals surface area contributed by atoms with Crippen LogP contribution in [0.15, 0.2) is 10.9 Å². The van der Waals surface area contributed by atoms with E-state index >= 15 is 0 Å². The quantitative estimate of drug-likeness (QED) is 0.502. The van der Waals surface area contributed by atoms with Crippen molar-refractivity contribution in [3.05, 3.63) is 10.9 Å². The zero-order valence-electron chi connectivity index (χ0n) is 4.46. The molecule has 0 radical (unpaired) electrons. The van der Waals surface area contributed by atoms with Gasteiger partial charge in [0.25, 0.3) is 0 Å². The summed E-state index contributed by atoms with van der Waals surface area (Å²) >= 11 is 5.23. The van der Waals surface area contributed by atoms with Crippen LogP contribution in [-0.4, -0.2) is 0 Å². The summed E-state index contributed by atoms with van der Waals surface area (Å²) < 4.78 is 12.0. The topological polar surface area (TPSA) is 0 Å². The van der Waals surface area contributed by atoms with E-state index < -0.39 is 0 Å². The number of rotatable bonds is 1. The first-order valence-electron chi connectivity index (χ1n) is 2.19. The Morgan fingerprint density at radius 1 is 1.71 bits per heavy atom. The lowest BCUT2D eigenvalue weighted by molar-refractivity contribution is 0.599. The summed E-state index contributed by atoms with van der Waals surface area (Å²) in [6, 6.07) is 0. The Kier molecular flexibility index (Phi) is 3.01. The Morgan fingerprint density at radius 2 is 2.14 bits per heavy atom. The molecule has 0 nitrogen and oxygen atoms in total. The van der Waals surface area contributed by atoms with Crippen LogP contribution in [0.1, 0.15) is 20.3 Å². The van der Waals surface area contributed by atoms with Crippen molar-refractivity contribution in [2.75, 3.05) is 0 Å². The Hall–Kier alpha value is -0.0400. The van der Waals surface area contributed by atoms with Crippen molar-refractivity contribution in [1.29, 1.82) is 0 Å². The molecule has 0 aromatic carbocycles. The van der Waals surface area contributed by atoms with Crippen LogP contribution in [0.5, 0.6) is 0 Å². The van der Waals surface area contributed by atoms with E-state index in [4.69, 9.17) is 11.6 Å². The molecule has 0 saturated carbocycles. The fourth-order valence-corrected chi connectivity index (χ4v) is 0.377. The molecule has 42 valence electrons. The van der Waals surface area contributed by atoms with Gasteiger partial charge in [-0.2, -0.15) is 0 Å². The van der Waals surface area contributed by atoms with Gasteiger partial charge in [-0.05, 0) is 13.3 Å². The minimum Gasteiger partial charge on any atom is -0.211 e. The van der Waals surface area contributed by atoms with E-state index in [1.54, 1.807) is 13.8 Å². The molecule has 0 aliphatic carbocycles. The van der Waals surface area contributed by atoms with E-state index in [0.29, 0.717) is 6.42 Å². The van der Waals surface area contributed by atoms with E-state index in [2.05, 4.69) is 0 Å². The molecule has 0 atom stereocenters. The molecule has 0 saturated heterocycles. The number of hydrogen-bond donors (Lipinski definition) is 0. The first-order valence-corrected chi connectivity index (χ1v) is 2.57. The fraction of sp³-hybridized carbons (Fsp3) is 0.600. The second kappa shape index (κ2) is 3.03. The SMILES string of the molecule is CC/C(F)=C(\C)Cl. The van der Waals surface area contributed by atoms with Gasteiger partial charge in [-0.3, -0.25) is 0 Å². The minimum atomic E-state index is -0.221. The summed E-state index contributed by atoms with van der Waals surface area (Å²) in [6.07, 6.45) is 0.398. The average molecular weight is 123 g/mol. The second-order valence-corrected chi connectivity index (χ2v) is 1.86. The normalized spacial score (nSPS) is 13.7. The maximum Gasteiger partial charge on any atom is 0.114 e. The zero-order chi connectivity index (χ0) is 5.86. The predicted molar refractivity (Wildman–Crippen MR) is 30.0 cm³/mol. The van der Waals surface area contributed by atoms with E-state index in [1.165, 1.54) is 0 Å². The molecule has 0 spiro atoms. The van der Waals surface area contributed by atoms with Gasteiger partial charge >= 0.3 is 0 Å². The molecule has 0 bridgehead atoms. The maximum atomic E-state index is 12.0. The molecule has 0 fully saturated rings. The second-order valence-electron chi connectivity index (χ2n) is 1.29. The van der Waals surface area contributed by atoms with Gasteiger partial charge < -0.3 is 0 Å². The highest BCUT2D eigenvalue weighted by molar-refractivity contribution is 6.29. The highest BCUT2D eigenvalue weighted by atomic mass is 35.5. The van der Waals surface area contributed by atoms with Crippen LogP contribution in [0, 0.1) is 0 Å². The number of allylic oxidation sites excluding steroid dienone is 2. The lowest BCUT2D eigenvalue weighted by Gasteiger charge is -1.87. The van der Waals surface area contributed by atoms with Crippen molar-refractivity contribution in [2.24, 2.45) is 0 Å². The van der Waals surface area contributed by atoms with Gasteiger partial charge in [0.1, 0.15) is 5.83 Å². The summed E-state index contributed by atoms with van der Waals surface area (Å²) in [4.78, 5) is 0. The van der Waals surface area contributed by atoms with Crippen molar-refractivity contribution in [2.45, 2.75) is 20.3 Å². The van der Waals surface area contributed by atoms with E-state index in [9.17, 15) is 4.39 Å².